The second-order valence-corrected chi connectivity index (χ2v) is 7.41. The molecule has 2 rings (SSSR count). The molecule has 0 spiro atoms. The minimum absolute atomic E-state index is 0.118. The molecule has 0 bridgehead atoms. The van der Waals surface area contributed by atoms with Crippen LogP contribution < -0.4 is 5.73 Å². The summed E-state index contributed by atoms with van der Waals surface area (Å²) in [6.07, 6.45) is -0.341. The molecule has 0 radical (unpaired) electrons. The summed E-state index contributed by atoms with van der Waals surface area (Å²) in [4.78, 5) is 27.9. The molecule has 1 aromatic carbocycles. The Morgan fingerprint density at radius 3 is 2.26 bits per heavy atom. The maximum absolute atomic E-state index is 12.6. The first-order chi connectivity index (χ1) is 10.7. The van der Waals surface area contributed by atoms with Crippen LogP contribution in [0.3, 0.4) is 0 Å². The fourth-order valence-corrected chi connectivity index (χ4v) is 2.66. The molecular weight excluding hydrogens is 362 g/mol. The van der Waals surface area contributed by atoms with E-state index in [1.54, 1.807) is 28.0 Å². The van der Waals surface area contributed by atoms with Crippen LogP contribution in [0.5, 0.6) is 0 Å². The summed E-state index contributed by atoms with van der Waals surface area (Å²) in [6, 6.07) is 5.22. The molecule has 0 aromatic heterocycles. The van der Waals surface area contributed by atoms with Crippen LogP contribution in [0.25, 0.3) is 0 Å². The van der Waals surface area contributed by atoms with Gasteiger partial charge in [-0.05, 0) is 39.0 Å². The molecule has 126 valence electrons. The van der Waals surface area contributed by atoms with Gasteiger partial charge in [-0.1, -0.05) is 15.9 Å². The first-order valence-corrected chi connectivity index (χ1v) is 8.29. The zero-order chi connectivity index (χ0) is 17.2. The number of benzene rings is 1. The highest BCUT2D eigenvalue weighted by molar-refractivity contribution is 9.10. The van der Waals surface area contributed by atoms with Gasteiger partial charge in [-0.15, -0.1) is 0 Å². The number of amides is 2. The number of nitrogen functional groups attached to an aromatic ring is 1. The molecule has 23 heavy (non-hydrogen) atoms. The molecule has 1 heterocycles. The van der Waals surface area contributed by atoms with E-state index < -0.39 is 5.60 Å². The average molecular weight is 384 g/mol. The van der Waals surface area contributed by atoms with Gasteiger partial charge in [0.2, 0.25) is 0 Å². The van der Waals surface area contributed by atoms with Gasteiger partial charge in [-0.25, -0.2) is 4.79 Å². The fourth-order valence-electron chi connectivity index (χ4n) is 2.30. The zero-order valence-corrected chi connectivity index (χ0v) is 15.2. The van der Waals surface area contributed by atoms with Gasteiger partial charge < -0.3 is 20.3 Å². The Hall–Kier alpha value is -1.76. The van der Waals surface area contributed by atoms with Crippen LogP contribution in [0, 0.1) is 0 Å². The minimum Gasteiger partial charge on any atom is -0.444 e. The van der Waals surface area contributed by atoms with Gasteiger partial charge in [-0.3, -0.25) is 4.79 Å². The van der Waals surface area contributed by atoms with Crippen LogP contribution in [0.15, 0.2) is 22.7 Å². The van der Waals surface area contributed by atoms with Gasteiger partial charge >= 0.3 is 6.09 Å². The number of rotatable bonds is 1. The van der Waals surface area contributed by atoms with E-state index in [2.05, 4.69) is 15.9 Å². The van der Waals surface area contributed by atoms with Gasteiger partial charge in [0.25, 0.3) is 5.91 Å². The number of hydrogen-bond acceptors (Lipinski definition) is 4. The Kier molecular flexibility index (Phi) is 5.19. The molecule has 6 nitrogen and oxygen atoms in total. The predicted molar refractivity (Wildman–Crippen MR) is 92.3 cm³/mol. The maximum atomic E-state index is 12.6. The minimum atomic E-state index is -0.519. The smallest absolute Gasteiger partial charge is 0.410 e. The lowest BCUT2D eigenvalue weighted by atomic mass is 10.1. The van der Waals surface area contributed by atoms with E-state index >= 15 is 0 Å². The molecule has 0 unspecified atom stereocenters. The summed E-state index contributed by atoms with van der Waals surface area (Å²) < 4.78 is 6.16. The summed E-state index contributed by atoms with van der Waals surface area (Å²) >= 11 is 3.35. The van der Waals surface area contributed by atoms with Crippen molar-refractivity contribution in [2.24, 2.45) is 0 Å². The Balaban J connectivity index is 1.97. The molecule has 2 amide bonds. The maximum Gasteiger partial charge on any atom is 0.410 e. The zero-order valence-electron chi connectivity index (χ0n) is 13.6. The van der Waals surface area contributed by atoms with Crippen molar-refractivity contribution in [3.05, 3.63) is 28.2 Å². The second kappa shape index (κ2) is 6.78. The topological polar surface area (TPSA) is 75.9 Å². The third-order valence-corrected chi connectivity index (χ3v) is 3.96. The van der Waals surface area contributed by atoms with Crippen molar-refractivity contribution < 1.29 is 14.3 Å². The van der Waals surface area contributed by atoms with Gasteiger partial charge in [-0.2, -0.15) is 0 Å². The average Bonchev–Trinajstić information content (AvgIpc) is 2.47. The van der Waals surface area contributed by atoms with Crippen LogP contribution in [0.1, 0.15) is 31.1 Å². The van der Waals surface area contributed by atoms with Gasteiger partial charge in [0.1, 0.15) is 5.60 Å². The Bertz CT molecular complexity index is 605. The third kappa shape index (κ3) is 4.60. The van der Waals surface area contributed by atoms with E-state index in [-0.39, 0.29) is 12.0 Å². The van der Waals surface area contributed by atoms with Crippen molar-refractivity contribution in [2.45, 2.75) is 26.4 Å². The molecule has 0 saturated carbocycles. The molecule has 1 saturated heterocycles. The molecular formula is C16H22BrN3O3. The number of hydrogen-bond donors (Lipinski definition) is 1. The fraction of sp³-hybridized carbons (Fsp3) is 0.500. The van der Waals surface area contributed by atoms with E-state index in [0.717, 1.165) is 4.47 Å². The van der Waals surface area contributed by atoms with Crippen LogP contribution in [0.4, 0.5) is 10.5 Å². The number of halogens is 1. The predicted octanol–water partition coefficient (Wildman–Crippen LogP) is 2.72. The monoisotopic (exact) mass is 383 g/mol. The van der Waals surface area contributed by atoms with Crippen LogP contribution >= 0.6 is 15.9 Å². The molecule has 0 atom stereocenters. The van der Waals surface area contributed by atoms with E-state index in [4.69, 9.17) is 10.5 Å². The number of carbonyl (C=O) groups excluding carboxylic acids is 2. The van der Waals surface area contributed by atoms with E-state index in [1.807, 2.05) is 20.8 Å². The van der Waals surface area contributed by atoms with Crippen molar-refractivity contribution >= 4 is 33.6 Å². The Labute approximate surface area is 144 Å². The lowest BCUT2D eigenvalue weighted by molar-refractivity contribution is 0.0141. The first-order valence-electron chi connectivity index (χ1n) is 7.49. The number of nitrogens with two attached hydrogens (primary N) is 1. The summed E-state index contributed by atoms with van der Waals surface area (Å²) in [6.45, 7) is 7.33. The van der Waals surface area contributed by atoms with E-state index in [1.165, 1.54) is 0 Å². The molecule has 1 fully saturated rings. The SMILES string of the molecule is CC(C)(C)OC(=O)N1CCN(C(=O)c2cc(Br)ccc2N)CC1. The number of anilines is 1. The van der Waals surface area contributed by atoms with Gasteiger partial charge in [0.15, 0.2) is 0 Å². The molecule has 1 aliphatic heterocycles. The van der Waals surface area contributed by atoms with Gasteiger partial charge in [0.05, 0.1) is 5.56 Å². The van der Waals surface area contributed by atoms with Crippen molar-refractivity contribution in [2.75, 3.05) is 31.9 Å². The van der Waals surface area contributed by atoms with Crippen molar-refractivity contribution in [3.63, 3.8) is 0 Å². The third-order valence-electron chi connectivity index (χ3n) is 3.46. The largest absolute Gasteiger partial charge is 0.444 e. The molecule has 1 aromatic rings. The van der Waals surface area contributed by atoms with Crippen LogP contribution in [-0.4, -0.2) is 53.6 Å². The molecule has 2 N–H and O–H groups in total. The summed E-state index contributed by atoms with van der Waals surface area (Å²) in [5, 5.41) is 0. The van der Waals surface area contributed by atoms with Crippen LogP contribution in [0.2, 0.25) is 0 Å². The summed E-state index contributed by atoms with van der Waals surface area (Å²) in [7, 11) is 0. The van der Waals surface area contributed by atoms with E-state index in [9.17, 15) is 9.59 Å². The quantitative estimate of drug-likeness (QED) is 0.756. The van der Waals surface area contributed by atoms with Crippen molar-refractivity contribution in [1.29, 1.82) is 0 Å². The lowest BCUT2D eigenvalue weighted by Gasteiger charge is -2.35. The summed E-state index contributed by atoms with van der Waals surface area (Å²) in [5.74, 6) is -0.118. The van der Waals surface area contributed by atoms with Crippen molar-refractivity contribution in [3.8, 4) is 0 Å². The number of nitrogens with zero attached hydrogens (tertiary/aromatic N) is 2. The standard InChI is InChI=1S/C16H22BrN3O3/c1-16(2,3)23-15(22)20-8-6-19(7-9-20)14(21)12-10-11(17)4-5-13(12)18/h4-5,10H,6-9,18H2,1-3H3. The number of ether oxygens (including phenoxy) is 1. The highest BCUT2D eigenvalue weighted by Gasteiger charge is 2.28. The van der Waals surface area contributed by atoms with Crippen LogP contribution in [-0.2, 0) is 4.74 Å². The highest BCUT2D eigenvalue weighted by atomic mass is 79.9. The highest BCUT2D eigenvalue weighted by Crippen LogP contribution is 2.21. The first kappa shape index (κ1) is 17.6. The molecule has 1 aliphatic rings. The normalized spacial score (nSPS) is 15.5. The Morgan fingerprint density at radius 2 is 1.70 bits per heavy atom. The number of piperazine rings is 1. The van der Waals surface area contributed by atoms with Crippen molar-refractivity contribution in [1.82, 2.24) is 9.80 Å². The second-order valence-electron chi connectivity index (χ2n) is 6.49. The molecule has 7 heteroatoms. The summed E-state index contributed by atoms with van der Waals surface area (Å²) in [5.41, 5.74) is 6.30. The van der Waals surface area contributed by atoms with E-state index in [0.29, 0.717) is 37.4 Å². The number of carbonyl (C=O) groups is 2. The molecule has 0 aliphatic carbocycles. The Morgan fingerprint density at radius 1 is 1.13 bits per heavy atom. The van der Waals surface area contributed by atoms with Gasteiger partial charge in [0, 0.05) is 36.3 Å². The lowest BCUT2D eigenvalue weighted by Crippen LogP contribution is -2.51.